The highest BCUT2D eigenvalue weighted by Crippen LogP contribution is 2.25. The van der Waals surface area contributed by atoms with E-state index in [0.717, 1.165) is 10.9 Å². The van der Waals surface area contributed by atoms with E-state index in [4.69, 9.17) is 16.3 Å². The van der Waals surface area contributed by atoms with Crippen molar-refractivity contribution in [3.05, 3.63) is 87.1 Å². The van der Waals surface area contributed by atoms with Gasteiger partial charge in [0.25, 0.3) is 11.8 Å². The van der Waals surface area contributed by atoms with Crippen LogP contribution in [0.2, 0.25) is 5.02 Å². The average molecular weight is 506 g/mol. The molecule has 0 aromatic heterocycles. The number of rotatable bonds is 7. The lowest BCUT2D eigenvalue weighted by molar-refractivity contribution is 0.101. The molecule has 0 spiro atoms. The lowest BCUT2D eigenvalue weighted by Crippen LogP contribution is -2.16. The van der Waals surface area contributed by atoms with Gasteiger partial charge < -0.3 is 15.4 Å². The molecule has 160 valence electrons. The highest BCUT2D eigenvalue weighted by Gasteiger charge is 2.15. The lowest BCUT2D eigenvalue weighted by atomic mass is 10.1. The summed E-state index contributed by atoms with van der Waals surface area (Å²) < 4.78 is 19.7. The molecular formula is C23H19BrClFN2O3. The number of carbonyl (C=O) groups is 2. The second-order valence-electron chi connectivity index (χ2n) is 6.61. The molecule has 3 aromatic rings. The maximum absolute atomic E-state index is 13.3. The maximum Gasteiger partial charge on any atom is 0.259 e. The van der Waals surface area contributed by atoms with Crippen LogP contribution >= 0.6 is 27.5 Å². The van der Waals surface area contributed by atoms with Crippen LogP contribution in [0.15, 0.2) is 65.1 Å². The van der Waals surface area contributed by atoms with Gasteiger partial charge in [0.2, 0.25) is 0 Å². The predicted molar refractivity (Wildman–Crippen MR) is 124 cm³/mol. The number of hydrogen-bond donors (Lipinski definition) is 2. The van der Waals surface area contributed by atoms with Crippen molar-refractivity contribution in [2.45, 2.75) is 13.3 Å². The third-order valence-electron chi connectivity index (χ3n) is 4.21. The van der Waals surface area contributed by atoms with E-state index < -0.39 is 11.7 Å². The molecule has 8 heteroatoms. The van der Waals surface area contributed by atoms with E-state index in [2.05, 4.69) is 26.6 Å². The van der Waals surface area contributed by atoms with Gasteiger partial charge >= 0.3 is 0 Å². The third-order valence-corrected chi connectivity index (χ3v) is 4.99. The Hall–Kier alpha value is -2.90. The van der Waals surface area contributed by atoms with Gasteiger partial charge in [0.1, 0.15) is 11.6 Å². The van der Waals surface area contributed by atoms with Gasteiger partial charge in [-0.15, -0.1) is 0 Å². The normalized spacial score (nSPS) is 10.5. The van der Waals surface area contributed by atoms with Crippen LogP contribution in [0.4, 0.5) is 15.8 Å². The number of nitrogens with one attached hydrogen (secondary N) is 2. The number of benzene rings is 3. The largest absolute Gasteiger partial charge is 0.493 e. The van der Waals surface area contributed by atoms with E-state index in [0.29, 0.717) is 34.9 Å². The number of amides is 2. The average Bonchev–Trinajstić information content (AvgIpc) is 2.75. The van der Waals surface area contributed by atoms with Crippen LogP contribution in [-0.2, 0) is 0 Å². The molecule has 0 aliphatic rings. The van der Waals surface area contributed by atoms with Crippen molar-refractivity contribution in [2.24, 2.45) is 0 Å². The fourth-order valence-electron chi connectivity index (χ4n) is 2.73. The van der Waals surface area contributed by atoms with E-state index in [1.165, 1.54) is 18.2 Å². The molecule has 0 aliphatic heterocycles. The Morgan fingerprint density at radius 2 is 1.74 bits per heavy atom. The van der Waals surface area contributed by atoms with Crippen molar-refractivity contribution in [3.8, 4) is 5.75 Å². The van der Waals surface area contributed by atoms with Gasteiger partial charge in [0.05, 0.1) is 17.2 Å². The molecule has 5 nitrogen and oxygen atoms in total. The van der Waals surface area contributed by atoms with Gasteiger partial charge in [-0.1, -0.05) is 40.5 Å². The number of ether oxygens (including phenoxy) is 1. The maximum atomic E-state index is 13.3. The minimum Gasteiger partial charge on any atom is -0.493 e. The van der Waals surface area contributed by atoms with Crippen molar-refractivity contribution >= 4 is 50.7 Å². The van der Waals surface area contributed by atoms with E-state index >= 15 is 0 Å². The van der Waals surface area contributed by atoms with Crippen molar-refractivity contribution < 1.29 is 18.7 Å². The van der Waals surface area contributed by atoms with Crippen molar-refractivity contribution in [2.75, 3.05) is 17.2 Å². The standard InChI is InChI=1S/C23H19BrClFN2O3/c1-2-10-31-21-9-6-15(24)12-18(21)23(30)28-16-5-3-4-14(11-16)22(29)27-17-7-8-20(26)19(25)13-17/h3-9,11-13H,2,10H2,1H3,(H,27,29)(H,28,30). The lowest BCUT2D eigenvalue weighted by Gasteiger charge is -2.12. The Balaban J connectivity index is 1.76. The summed E-state index contributed by atoms with van der Waals surface area (Å²) in [7, 11) is 0. The summed E-state index contributed by atoms with van der Waals surface area (Å²) in [6, 6.07) is 15.6. The van der Waals surface area contributed by atoms with Gasteiger partial charge in [0, 0.05) is 21.4 Å². The third kappa shape index (κ3) is 6.06. The van der Waals surface area contributed by atoms with E-state index in [1.807, 2.05) is 6.92 Å². The zero-order chi connectivity index (χ0) is 22.4. The van der Waals surface area contributed by atoms with Crippen LogP contribution in [-0.4, -0.2) is 18.4 Å². The van der Waals surface area contributed by atoms with Crippen LogP contribution in [0, 0.1) is 5.82 Å². The zero-order valence-electron chi connectivity index (χ0n) is 16.5. The van der Waals surface area contributed by atoms with Crippen molar-refractivity contribution in [1.29, 1.82) is 0 Å². The predicted octanol–water partition coefficient (Wildman–Crippen LogP) is 6.54. The summed E-state index contributed by atoms with van der Waals surface area (Å²) in [5.74, 6) is -0.882. The van der Waals surface area contributed by atoms with E-state index in [-0.39, 0.29) is 10.9 Å². The second-order valence-corrected chi connectivity index (χ2v) is 7.93. The molecule has 31 heavy (non-hydrogen) atoms. The minimum atomic E-state index is -0.570. The molecule has 0 fully saturated rings. The molecule has 0 aliphatic carbocycles. The van der Waals surface area contributed by atoms with E-state index in [9.17, 15) is 14.0 Å². The summed E-state index contributed by atoms with van der Waals surface area (Å²) in [5.41, 5.74) is 1.49. The van der Waals surface area contributed by atoms with Crippen LogP contribution in [0.1, 0.15) is 34.1 Å². The SMILES string of the molecule is CCCOc1ccc(Br)cc1C(=O)Nc1cccc(C(=O)Nc2ccc(F)c(Cl)c2)c1. The van der Waals surface area contributed by atoms with Crippen molar-refractivity contribution in [1.82, 2.24) is 0 Å². The Morgan fingerprint density at radius 1 is 1.00 bits per heavy atom. The van der Waals surface area contributed by atoms with Gasteiger partial charge in [-0.25, -0.2) is 4.39 Å². The summed E-state index contributed by atoms with van der Waals surface area (Å²) >= 11 is 9.12. The van der Waals surface area contributed by atoms with Crippen LogP contribution in [0.5, 0.6) is 5.75 Å². The molecule has 2 amide bonds. The Labute approximate surface area is 192 Å². The zero-order valence-corrected chi connectivity index (χ0v) is 18.9. The summed E-state index contributed by atoms with van der Waals surface area (Å²) in [6.07, 6.45) is 0.813. The molecule has 0 saturated carbocycles. The first-order valence-corrected chi connectivity index (χ1v) is 10.6. The highest BCUT2D eigenvalue weighted by atomic mass is 79.9. The fourth-order valence-corrected chi connectivity index (χ4v) is 3.27. The molecule has 3 aromatic carbocycles. The molecule has 0 saturated heterocycles. The first-order chi connectivity index (χ1) is 14.9. The molecule has 0 radical (unpaired) electrons. The molecule has 3 rings (SSSR count). The van der Waals surface area contributed by atoms with Crippen molar-refractivity contribution in [3.63, 3.8) is 0 Å². The molecular weight excluding hydrogens is 487 g/mol. The number of halogens is 3. The first kappa shape index (κ1) is 22.8. The monoisotopic (exact) mass is 504 g/mol. The molecule has 2 N–H and O–H groups in total. The van der Waals surface area contributed by atoms with Crippen LogP contribution < -0.4 is 15.4 Å². The van der Waals surface area contributed by atoms with Gasteiger partial charge in [-0.3, -0.25) is 9.59 Å². The van der Waals surface area contributed by atoms with Gasteiger partial charge in [-0.2, -0.15) is 0 Å². The summed E-state index contributed by atoms with van der Waals surface area (Å²) in [5, 5.41) is 5.35. The quantitative estimate of drug-likeness (QED) is 0.383. The molecule has 0 bridgehead atoms. The smallest absolute Gasteiger partial charge is 0.259 e. The summed E-state index contributed by atoms with van der Waals surface area (Å²) in [6.45, 7) is 2.47. The second kappa shape index (κ2) is 10.4. The molecule has 0 unspecified atom stereocenters. The van der Waals surface area contributed by atoms with Crippen LogP contribution in [0.25, 0.3) is 0 Å². The number of hydrogen-bond acceptors (Lipinski definition) is 3. The van der Waals surface area contributed by atoms with E-state index in [1.54, 1.807) is 42.5 Å². The summed E-state index contributed by atoms with van der Waals surface area (Å²) in [4.78, 5) is 25.4. The number of anilines is 2. The Bertz CT molecular complexity index is 1120. The topological polar surface area (TPSA) is 67.4 Å². The Morgan fingerprint density at radius 3 is 2.48 bits per heavy atom. The van der Waals surface area contributed by atoms with Gasteiger partial charge in [0.15, 0.2) is 0 Å². The Kier molecular flexibility index (Phi) is 7.65. The minimum absolute atomic E-state index is 0.0890. The molecule has 0 heterocycles. The first-order valence-electron chi connectivity index (χ1n) is 9.47. The highest BCUT2D eigenvalue weighted by molar-refractivity contribution is 9.10. The van der Waals surface area contributed by atoms with Crippen LogP contribution in [0.3, 0.4) is 0 Å². The fraction of sp³-hybridized carbons (Fsp3) is 0.130. The number of carbonyl (C=O) groups excluding carboxylic acids is 2. The van der Waals surface area contributed by atoms with Gasteiger partial charge in [-0.05, 0) is 61.0 Å². The molecule has 0 atom stereocenters.